The molecule has 0 unspecified atom stereocenters. The van der Waals surface area contributed by atoms with Crippen molar-refractivity contribution in [2.75, 3.05) is 170 Å². The molecule has 35 heteroatoms. The van der Waals surface area contributed by atoms with E-state index in [-0.39, 0.29) is 32.6 Å². The van der Waals surface area contributed by atoms with Gasteiger partial charge in [-0.2, -0.15) is 0 Å². The molecule has 570 valence electrons. The summed E-state index contributed by atoms with van der Waals surface area (Å²) in [4.78, 5) is 54.2. The molecule has 1 aliphatic carbocycles. The zero-order valence-corrected chi connectivity index (χ0v) is 57.8. The van der Waals surface area contributed by atoms with Crippen LogP contribution in [-0.2, 0) is 18.9 Å². The SMILES string of the molecule is NCCCNCCCCNCCCNC(=O)NC[C@H]1O[C@H](O[C@H]2[C@H](O)[C@@H](O[C@H]3O[C@H](CO)[C@@H](O)[C@H](NC(=O)NCCCNCCCCNCCCN)[C@H]3O)[C@H](NC(=O)NCCCNCCCCNCCCN)C[C@@H]2NC(=O)NCCCNCCCCNCCCN)[C@H](O)[C@@H](O)[C@@H]1O. The van der Waals surface area contributed by atoms with Crippen molar-refractivity contribution in [2.45, 2.75) is 201 Å². The molecule has 35 nitrogen and oxygen atoms in total. The van der Waals surface area contributed by atoms with Crippen molar-refractivity contribution in [3.8, 4) is 0 Å². The fraction of sp³-hybridized carbons (Fsp3) is 0.935. The number of nitrogens with two attached hydrogens (primary N) is 4. The zero-order chi connectivity index (χ0) is 70.5. The first kappa shape index (κ1) is 87.4. The molecule has 8 amide bonds. The number of hydrogen-bond donors (Lipinski definition) is 27. The van der Waals surface area contributed by atoms with Gasteiger partial charge >= 0.3 is 24.1 Å². The van der Waals surface area contributed by atoms with Crippen LogP contribution < -0.4 is 108 Å². The second-order valence-electron chi connectivity index (χ2n) is 25.0. The topological polar surface area (TPSA) is 543 Å². The maximum Gasteiger partial charge on any atom is 0.315 e. The Kier molecular flexibility index (Phi) is 51.1. The number of nitrogens with one attached hydrogen (secondary N) is 16. The van der Waals surface area contributed by atoms with Crippen LogP contribution in [0.3, 0.4) is 0 Å². The summed E-state index contributed by atoms with van der Waals surface area (Å²) in [7, 11) is 0. The van der Waals surface area contributed by atoms with Crippen LogP contribution in [0.1, 0.15) is 109 Å². The van der Waals surface area contributed by atoms with Crippen molar-refractivity contribution < 1.29 is 73.9 Å². The van der Waals surface area contributed by atoms with Gasteiger partial charge in [0.2, 0.25) is 0 Å². The van der Waals surface area contributed by atoms with E-state index in [2.05, 4.69) is 85.1 Å². The van der Waals surface area contributed by atoms with Gasteiger partial charge in [0.25, 0.3) is 0 Å². The lowest BCUT2D eigenvalue weighted by atomic mass is 9.83. The first-order valence-corrected chi connectivity index (χ1v) is 36.1. The summed E-state index contributed by atoms with van der Waals surface area (Å²) < 4.78 is 24.8. The van der Waals surface area contributed by atoms with Crippen LogP contribution in [-0.4, -0.2) is 322 Å². The van der Waals surface area contributed by atoms with Crippen molar-refractivity contribution in [1.29, 1.82) is 0 Å². The van der Waals surface area contributed by atoms with Gasteiger partial charge in [0.15, 0.2) is 12.6 Å². The Morgan fingerprint density at radius 3 is 0.990 bits per heavy atom. The Hall–Kier alpha value is -3.84. The third-order valence-electron chi connectivity index (χ3n) is 16.8. The summed E-state index contributed by atoms with van der Waals surface area (Å²) in [5.74, 6) is 0. The monoisotopic (exact) mass is 1400 g/mol. The lowest BCUT2D eigenvalue weighted by Gasteiger charge is -2.49. The Bertz CT molecular complexity index is 1970. The number of carbonyl (C=O) groups excluding carboxylic acids is 4. The fourth-order valence-corrected chi connectivity index (χ4v) is 11.2. The predicted octanol–water partition coefficient (Wildman–Crippen LogP) is -7.14. The minimum Gasteiger partial charge on any atom is -0.394 e. The van der Waals surface area contributed by atoms with Gasteiger partial charge in [-0.1, -0.05) is 0 Å². The van der Waals surface area contributed by atoms with E-state index in [1.54, 1.807) is 0 Å². The standard InChI is InChI=1S/C62H132N20O15/c63-17-9-29-67-21-1-5-25-71-33-13-37-75-59(90)79-42-46-50(85)52(87)53(88)58(94-46)97-56-45(81-61(92)77-39-15-35-73-27-7-3-23-69-31-11-19-65)41-44(80-60(91)76-38-14-34-72-26-6-2-22-68-30-10-18-64)55(54(56)89)96-57-51(86)48(49(84)47(43-83)95-57)82-62(93)78-40-16-36-74-28-8-4-24-70-32-12-20-66/h44-58,67-74,83-89H,1-43,63-66H2,(H2,75,79,90)(H2,76,80,91)(H2,77,81,92)(H2,78,82,93)/t44-,45+,46-,47-,48+,49-,50-,51-,52+,53-,54-,55+,56-,57-,58-/m1/s1. The van der Waals surface area contributed by atoms with Crippen molar-refractivity contribution >= 4 is 24.1 Å². The molecule has 0 aromatic carbocycles. The third-order valence-corrected chi connectivity index (χ3v) is 16.8. The highest BCUT2D eigenvalue weighted by Crippen LogP contribution is 2.33. The molecule has 0 bridgehead atoms. The largest absolute Gasteiger partial charge is 0.394 e. The summed E-state index contributed by atoms with van der Waals surface area (Å²) in [6, 6.07) is -6.80. The highest BCUT2D eigenvalue weighted by Gasteiger charge is 2.54. The molecule has 2 saturated heterocycles. The van der Waals surface area contributed by atoms with E-state index >= 15 is 0 Å². The van der Waals surface area contributed by atoms with Gasteiger partial charge in [-0.15, -0.1) is 0 Å². The van der Waals surface area contributed by atoms with Crippen LogP contribution in [0, 0.1) is 0 Å². The van der Waals surface area contributed by atoms with Gasteiger partial charge in [-0.25, -0.2) is 19.2 Å². The average Bonchev–Trinajstić information content (AvgIpc) is 0.775. The van der Waals surface area contributed by atoms with Gasteiger partial charge in [-0.3, -0.25) is 0 Å². The van der Waals surface area contributed by atoms with Crippen molar-refractivity contribution in [3.63, 3.8) is 0 Å². The van der Waals surface area contributed by atoms with E-state index < -0.39 is 122 Å². The Labute approximate surface area is 575 Å². The molecule has 0 spiro atoms. The molecule has 0 aromatic heterocycles. The number of urea groups is 4. The van der Waals surface area contributed by atoms with Gasteiger partial charge in [0, 0.05) is 32.7 Å². The summed E-state index contributed by atoms with van der Waals surface area (Å²) in [6.45, 7) is 15.0. The summed E-state index contributed by atoms with van der Waals surface area (Å²) in [5.41, 5.74) is 22.3. The molecular formula is C62H132N20O15. The molecule has 2 aliphatic heterocycles. The van der Waals surface area contributed by atoms with Crippen LogP contribution in [0.2, 0.25) is 0 Å². The van der Waals surface area contributed by atoms with Crippen LogP contribution in [0.5, 0.6) is 0 Å². The van der Waals surface area contributed by atoms with E-state index in [1.807, 2.05) is 0 Å². The highest BCUT2D eigenvalue weighted by atomic mass is 16.7. The smallest absolute Gasteiger partial charge is 0.315 e. The normalized spacial score (nSPS) is 25.7. The van der Waals surface area contributed by atoms with E-state index in [0.717, 1.165) is 156 Å². The molecule has 15 atom stereocenters. The van der Waals surface area contributed by atoms with Crippen LogP contribution >= 0.6 is 0 Å². The van der Waals surface area contributed by atoms with Gasteiger partial charge in [0.1, 0.15) is 61.0 Å². The lowest BCUT2D eigenvalue weighted by Crippen LogP contribution is -2.71. The van der Waals surface area contributed by atoms with Crippen molar-refractivity contribution in [1.82, 2.24) is 85.1 Å². The van der Waals surface area contributed by atoms with Crippen LogP contribution in [0.15, 0.2) is 0 Å². The fourth-order valence-electron chi connectivity index (χ4n) is 11.2. The predicted molar refractivity (Wildman–Crippen MR) is 370 cm³/mol. The quantitative estimate of drug-likeness (QED) is 0.0252. The average molecular weight is 1400 g/mol. The second kappa shape index (κ2) is 56.8. The number of aliphatic hydroxyl groups excluding tert-OH is 7. The number of aliphatic hydroxyl groups is 7. The maximum absolute atomic E-state index is 13.9. The van der Waals surface area contributed by atoms with Crippen molar-refractivity contribution in [2.24, 2.45) is 22.9 Å². The number of carbonyl (C=O) groups is 4. The number of rotatable bonds is 58. The molecule has 31 N–H and O–H groups in total. The van der Waals surface area contributed by atoms with Gasteiger partial charge in [0.05, 0.1) is 24.7 Å². The Morgan fingerprint density at radius 2 is 0.639 bits per heavy atom. The van der Waals surface area contributed by atoms with E-state index in [4.69, 9.17) is 41.9 Å². The lowest BCUT2D eigenvalue weighted by molar-refractivity contribution is -0.334. The Balaban J connectivity index is 1.83. The molecule has 3 fully saturated rings. The van der Waals surface area contributed by atoms with E-state index in [9.17, 15) is 54.9 Å². The molecule has 0 aromatic rings. The van der Waals surface area contributed by atoms with Gasteiger partial charge < -0.3 is 163 Å². The molecular weight excluding hydrogens is 1260 g/mol. The van der Waals surface area contributed by atoms with Crippen molar-refractivity contribution in [3.05, 3.63) is 0 Å². The van der Waals surface area contributed by atoms with E-state index in [1.165, 1.54) is 0 Å². The number of amides is 8. The minimum atomic E-state index is -1.98. The number of hydrogen-bond acceptors (Lipinski definition) is 27. The van der Waals surface area contributed by atoms with Gasteiger partial charge in [-0.05, 0) is 240 Å². The first-order chi connectivity index (χ1) is 47.2. The molecule has 0 radical (unpaired) electrons. The molecule has 97 heavy (non-hydrogen) atoms. The molecule has 3 aliphatic rings. The highest BCUT2D eigenvalue weighted by molar-refractivity contribution is 5.75. The summed E-state index contributed by atoms with van der Waals surface area (Å²) in [6.07, 6.45) is -7.60. The molecule has 1 saturated carbocycles. The number of ether oxygens (including phenoxy) is 4. The number of unbranched alkanes of at least 4 members (excludes halogenated alkanes) is 4. The summed E-state index contributed by atoms with van der Waals surface area (Å²) in [5, 5.41) is 129. The zero-order valence-electron chi connectivity index (χ0n) is 57.8. The maximum atomic E-state index is 13.9. The van der Waals surface area contributed by atoms with Crippen LogP contribution in [0.25, 0.3) is 0 Å². The minimum absolute atomic E-state index is 0.216. The second-order valence-corrected chi connectivity index (χ2v) is 25.0. The van der Waals surface area contributed by atoms with E-state index in [0.29, 0.717) is 84.6 Å². The first-order valence-electron chi connectivity index (χ1n) is 36.1. The summed E-state index contributed by atoms with van der Waals surface area (Å²) >= 11 is 0. The Morgan fingerprint density at radius 1 is 0.330 bits per heavy atom. The van der Waals surface area contributed by atoms with Crippen LogP contribution in [0.4, 0.5) is 19.2 Å². The third kappa shape index (κ3) is 38.7. The molecule has 2 heterocycles. The molecule has 3 rings (SSSR count).